The molecule has 0 aromatic rings. The van der Waals surface area contributed by atoms with E-state index >= 15 is 0 Å². The van der Waals surface area contributed by atoms with Crippen LogP contribution in [0.4, 0.5) is 0 Å². The summed E-state index contributed by atoms with van der Waals surface area (Å²) in [7, 11) is 0.750. The lowest BCUT2D eigenvalue weighted by atomic mass is 10.2. The van der Waals surface area contributed by atoms with E-state index in [-0.39, 0.29) is 6.04 Å². The lowest BCUT2D eigenvalue weighted by Gasteiger charge is -1.99. The number of hydrogen-bond donors (Lipinski definition) is 3. The largest absolute Gasteiger partial charge is 0.480 e. The van der Waals surface area contributed by atoms with E-state index in [1.54, 1.807) is 0 Å². The minimum absolute atomic E-state index is 0.269. The van der Waals surface area contributed by atoms with Crippen LogP contribution in [0.1, 0.15) is 12.8 Å². The van der Waals surface area contributed by atoms with Gasteiger partial charge in [-0.3, -0.25) is 4.79 Å². The van der Waals surface area contributed by atoms with Gasteiger partial charge in [0.15, 0.2) is 0 Å². The third-order valence-corrected chi connectivity index (χ3v) is 1.99. The van der Waals surface area contributed by atoms with Crippen molar-refractivity contribution in [2.45, 2.75) is 18.9 Å². The van der Waals surface area contributed by atoms with Crippen LogP contribution in [0.2, 0.25) is 0 Å². The Morgan fingerprint density at radius 3 is 2.62 bits per heavy atom. The minimum atomic E-state index is -0.720. The van der Waals surface area contributed by atoms with Crippen LogP contribution in [0.25, 0.3) is 0 Å². The highest BCUT2D eigenvalue weighted by Gasteiger charge is 2.20. The van der Waals surface area contributed by atoms with Crippen molar-refractivity contribution in [2.75, 3.05) is 19.7 Å². The van der Waals surface area contributed by atoms with Crippen molar-refractivity contribution in [1.29, 1.82) is 0 Å². The van der Waals surface area contributed by atoms with E-state index in [2.05, 4.69) is 10.5 Å². The quantitative estimate of drug-likeness (QED) is 0.444. The van der Waals surface area contributed by atoms with E-state index in [0.29, 0.717) is 0 Å². The van der Waals surface area contributed by atoms with Crippen LogP contribution in [0.3, 0.4) is 0 Å². The predicted octanol–water partition coefficient (Wildman–Crippen LogP) is -1.30. The summed E-state index contributed by atoms with van der Waals surface area (Å²) in [5, 5.41) is 14.2. The van der Waals surface area contributed by atoms with E-state index < -0.39 is 5.97 Å². The summed E-state index contributed by atoms with van der Waals surface area (Å²) in [4.78, 5) is 10.1. The van der Waals surface area contributed by atoms with Crippen molar-refractivity contribution in [1.82, 2.24) is 10.5 Å². The van der Waals surface area contributed by atoms with Crippen molar-refractivity contribution in [3.63, 3.8) is 0 Å². The number of hydrogen-bond acceptors (Lipinski definition) is 4. The maximum Gasteiger partial charge on any atom is 0.360 e. The zero-order valence-electron chi connectivity index (χ0n) is 7.58. The van der Waals surface area contributed by atoms with Gasteiger partial charge < -0.3 is 20.3 Å². The fourth-order valence-electron chi connectivity index (χ4n) is 1.26. The molecule has 2 saturated heterocycles. The lowest BCUT2D eigenvalue weighted by Crippen LogP contribution is -2.29. The first-order valence-electron chi connectivity index (χ1n) is 4.55. The van der Waals surface area contributed by atoms with Crippen molar-refractivity contribution in [2.24, 2.45) is 0 Å². The Hall–Kier alpha value is -0.585. The van der Waals surface area contributed by atoms with Gasteiger partial charge in [-0.1, -0.05) is 0 Å². The molecule has 2 aliphatic heterocycles. The molecule has 0 saturated carbocycles. The number of carbonyl (C=O) groups is 1. The van der Waals surface area contributed by atoms with Gasteiger partial charge in [-0.25, -0.2) is 0 Å². The molecule has 2 aliphatic rings. The molecule has 2 heterocycles. The molecule has 0 unspecified atom stereocenters. The molecule has 3 N–H and O–H groups in total. The average Bonchev–Trinajstić information content (AvgIpc) is 2.82. The van der Waals surface area contributed by atoms with Gasteiger partial charge in [0.25, 0.3) is 0 Å². The summed E-state index contributed by atoms with van der Waals surface area (Å²) in [6.07, 6.45) is 1.78. The number of aliphatic carboxylic acids is 1. The van der Waals surface area contributed by atoms with Gasteiger partial charge >= 0.3 is 13.6 Å². The molecule has 0 spiro atoms. The maximum absolute atomic E-state index is 10.1. The highest BCUT2D eigenvalue weighted by atomic mass is 16.4. The van der Waals surface area contributed by atoms with Crippen LogP contribution in [-0.2, 0) is 9.45 Å². The maximum atomic E-state index is 10.1. The molecule has 0 aliphatic carbocycles. The van der Waals surface area contributed by atoms with E-state index in [0.717, 1.165) is 40.2 Å². The van der Waals surface area contributed by atoms with Crippen molar-refractivity contribution in [3.05, 3.63) is 0 Å². The summed E-state index contributed by atoms with van der Waals surface area (Å²) >= 11 is 0. The summed E-state index contributed by atoms with van der Waals surface area (Å²) in [6.45, 7) is 2.77. The van der Waals surface area contributed by atoms with Crippen LogP contribution in [0.15, 0.2) is 0 Å². The average molecular weight is 186 g/mol. The standard InChI is InChI=1S/C5H9NO2.C2H6BNO/c7-5(8)4-2-1-3-6-4;1-2-5-3-4-1/h4,6H,1-3H2,(H,7,8);3-4H,1-2H2/t4-;/m0./s1. The van der Waals surface area contributed by atoms with Gasteiger partial charge in [-0.15, -0.1) is 0 Å². The predicted molar refractivity (Wildman–Crippen MR) is 49.8 cm³/mol. The number of nitrogens with one attached hydrogen (secondary N) is 2. The SMILES string of the molecule is B1NCCO1.O=C(O)[C@@H]1CCCN1. The summed E-state index contributed by atoms with van der Waals surface area (Å²) < 4.78 is 4.83. The first-order chi connectivity index (χ1) is 6.30. The lowest BCUT2D eigenvalue weighted by molar-refractivity contribution is -0.139. The number of carboxylic acids is 1. The molecule has 0 bridgehead atoms. The normalized spacial score (nSPS) is 26.0. The Labute approximate surface area is 78.1 Å². The molecule has 5 nitrogen and oxygen atoms in total. The molecule has 0 aromatic heterocycles. The Bertz CT molecular complexity index is 150. The summed E-state index contributed by atoms with van der Waals surface area (Å²) in [5.41, 5.74) is 0. The second kappa shape index (κ2) is 5.96. The highest BCUT2D eigenvalue weighted by Crippen LogP contribution is 2.03. The molecule has 0 amide bonds. The minimum Gasteiger partial charge on any atom is -0.480 e. The van der Waals surface area contributed by atoms with Crippen LogP contribution in [0.5, 0.6) is 0 Å². The van der Waals surface area contributed by atoms with Crippen molar-refractivity contribution < 1.29 is 14.6 Å². The smallest absolute Gasteiger partial charge is 0.360 e. The van der Waals surface area contributed by atoms with Crippen LogP contribution in [-0.4, -0.2) is 44.4 Å². The molecular weight excluding hydrogens is 171 g/mol. The molecule has 74 valence electrons. The molecule has 2 rings (SSSR count). The van der Waals surface area contributed by atoms with Crippen molar-refractivity contribution in [3.8, 4) is 0 Å². The third-order valence-electron chi connectivity index (χ3n) is 1.99. The second-order valence-corrected chi connectivity index (χ2v) is 3.04. The van der Waals surface area contributed by atoms with Gasteiger partial charge in [-0.2, -0.15) is 0 Å². The van der Waals surface area contributed by atoms with Gasteiger partial charge in [0, 0.05) is 13.2 Å². The summed E-state index contributed by atoms with van der Waals surface area (Å²) in [6, 6.07) is -0.269. The molecule has 6 heteroatoms. The van der Waals surface area contributed by atoms with E-state index in [9.17, 15) is 4.79 Å². The van der Waals surface area contributed by atoms with E-state index in [4.69, 9.17) is 9.76 Å². The molecule has 0 aromatic carbocycles. The molecule has 1 atom stereocenters. The molecule has 13 heavy (non-hydrogen) atoms. The molecule has 0 radical (unpaired) electrons. The summed E-state index contributed by atoms with van der Waals surface area (Å²) in [5.74, 6) is -0.720. The van der Waals surface area contributed by atoms with Crippen LogP contribution in [0, 0.1) is 0 Å². The third kappa shape index (κ3) is 4.26. The fourth-order valence-corrected chi connectivity index (χ4v) is 1.26. The highest BCUT2D eigenvalue weighted by molar-refractivity contribution is 6.24. The molecular formula is C7H15BN2O3. The zero-order valence-corrected chi connectivity index (χ0v) is 7.58. The number of rotatable bonds is 1. The first kappa shape index (κ1) is 10.5. The van der Waals surface area contributed by atoms with E-state index in [1.807, 2.05) is 0 Å². The van der Waals surface area contributed by atoms with Gasteiger partial charge in [0.05, 0.1) is 0 Å². The monoisotopic (exact) mass is 186 g/mol. The Morgan fingerprint density at radius 1 is 1.54 bits per heavy atom. The van der Waals surface area contributed by atoms with Gasteiger partial charge in [-0.05, 0) is 19.4 Å². The molecule has 2 fully saturated rings. The van der Waals surface area contributed by atoms with Gasteiger partial charge in [0.2, 0.25) is 0 Å². The van der Waals surface area contributed by atoms with Crippen molar-refractivity contribution >= 4 is 13.6 Å². The van der Waals surface area contributed by atoms with E-state index in [1.165, 1.54) is 0 Å². The topological polar surface area (TPSA) is 70.6 Å². The van der Waals surface area contributed by atoms with Crippen LogP contribution < -0.4 is 10.5 Å². The Balaban J connectivity index is 0.000000145. The van der Waals surface area contributed by atoms with Gasteiger partial charge in [0.1, 0.15) is 6.04 Å². The zero-order chi connectivity index (χ0) is 9.52. The van der Waals surface area contributed by atoms with Crippen LogP contribution >= 0.6 is 0 Å². The number of carboxylic acid groups (broad SMARTS) is 1. The Kier molecular flexibility index (Phi) is 4.81. The fraction of sp³-hybridized carbons (Fsp3) is 0.857. The Morgan fingerprint density at radius 2 is 2.38 bits per heavy atom. The first-order valence-corrected chi connectivity index (χ1v) is 4.55. The second-order valence-electron chi connectivity index (χ2n) is 3.04.